The lowest BCUT2D eigenvalue weighted by atomic mass is 10.00. The Morgan fingerprint density at radius 1 is 1.00 bits per heavy atom. The van der Waals surface area contributed by atoms with Crippen LogP contribution in [0.15, 0.2) is 60.8 Å². The molecule has 2 aromatic carbocycles. The number of cyclic esters (lactones) is 1. The van der Waals surface area contributed by atoms with Crippen LogP contribution >= 0.6 is 23.2 Å². The number of hydrogen-bond donors (Lipinski definition) is 0. The van der Waals surface area contributed by atoms with Crippen molar-refractivity contribution in [3.8, 4) is 5.88 Å². The van der Waals surface area contributed by atoms with Crippen molar-refractivity contribution in [1.82, 2.24) is 4.98 Å². The van der Waals surface area contributed by atoms with Crippen molar-refractivity contribution >= 4 is 35.0 Å². The Labute approximate surface area is 180 Å². The first-order chi connectivity index (χ1) is 14.4. The van der Waals surface area contributed by atoms with Gasteiger partial charge in [0, 0.05) is 29.0 Å². The van der Waals surface area contributed by atoms with Gasteiger partial charge in [-0.15, -0.1) is 0 Å². The summed E-state index contributed by atoms with van der Waals surface area (Å²) in [4.78, 5) is 18.0. The van der Waals surface area contributed by atoms with Crippen molar-refractivity contribution < 1.29 is 23.0 Å². The van der Waals surface area contributed by atoms with Gasteiger partial charge in [-0.05, 0) is 48.0 Å². The molecule has 4 rings (SSSR count). The number of anilines is 1. The molecular formula is C21H14Cl2F2N2O3. The number of carbonyl (C=O) groups is 1. The summed E-state index contributed by atoms with van der Waals surface area (Å²) in [5.74, 6) is -1.26. The first-order valence-corrected chi connectivity index (χ1v) is 9.62. The smallest absolute Gasteiger partial charge is 0.415 e. The van der Waals surface area contributed by atoms with Crippen LogP contribution in [0.1, 0.15) is 11.6 Å². The third kappa shape index (κ3) is 4.32. The second kappa shape index (κ2) is 8.45. The molecule has 9 heteroatoms. The fourth-order valence-electron chi connectivity index (χ4n) is 3.25. The summed E-state index contributed by atoms with van der Waals surface area (Å²) < 4.78 is 39.0. The summed E-state index contributed by atoms with van der Waals surface area (Å²) in [6.45, 7) is -0.0900. The van der Waals surface area contributed by atoms with Crippen molar-refractivity contribution in [1.29, 1.82) is 0 Å². The van der Waals surface area contributed by atoms with Crippen molar-refractivity contribution in [2.75, 3.05) is 11.5 Å². The Hall–Kier alpha value is -2.90. The minimum Gasteiger partial charge on any atom is -0.474 e. The number of carbonyl (C=O) groups excluding carboxylic acids is 1. The molecule has 5 nitrogen and oxygen atoms in total. The van der Waals surface area contributed by atoms with Crippen LogP contribution < -0.4 is 9.64 Å². The lowest BCUT2D eigenvalue weighted by Crippen LogP contribution is -2.32. The molecule has 0 saturated carbocycles. The van der Waals surface area contributed by atoms with Crippen LogP contribution in [0.2, 0.25) is 10.0 Å². The Morgan fingerprint density at radius 3 is 2.30 bits per heavy atom. The maximum atomic E-state index is 13.9. The number of hydrogen-bond acceptors (Lipinski definition) is 4. The largest absolute Gasteiger partial charge is 0.474 e. The summed E-state index contributed by atoms with van der Waals surface area (Å²) in [5, 5.41) is 0.921. The molecule has 0 bridgehead atoms. The molecule has 0 spiro atoms. The maximum absolute atomic E-state index is 13.9. The molecule has 1 fully saturated rings. The van der Waals surface area contributed by atoms with Gasteiger partial charge in [0.2, 0.25) is 5.88 Å². The quantitative estimate of drug-likeness (QED) is 0.491. The maximum Gasteiger partial charge on any atom is 0.415 e. The van der Waals surface area contributed by atoms with Crippen LogP contribution in [0.25, 0.3) is 0 Å². The molecule has 0 unspecified atom stereocenters. The van der Waals surface area contributed by atoms with Gasteiger partial charge in [-0.3, -0.25) is 4.90 Å². The normalized spacial score (nSPS) is 18.4. The highest BCUT2D eigenvalue weighted by Gasteiger charge is 2.44. The lowest BCUT2D eigenvalue weighted by Gasteiger charge is -2.25. The number of aromatic nitrogens is 1. The van der Waals surface area contributed by atoms with E-state index >= 15 is 0 Å². The molecule has 0 aliphatic carbocycles. The van der Waals surface area contributed by atoms with Gasteiger partial charge in [-0.1, -0.05) is 23.2 Å². The summed E-state index contributed by atoms with van der Waals surface area (Å²) in [7, 11) is 0. The van der Waals surface area contributed by atoms with E-state index in [1.165, 1.54) is 11.1 Å². The Morgan fingerprint density at radius 2 is 1.67 bits per heavy atom. The average molecular weight is 451 g/mol. The second-order valence-electron chi connectivity index (χ2n) is 6.54. The Bertz CT molecular complexity index is 1040. The zero-order chi connectivity index (χ0) is 21.3. The number of amides is 1. The minimum atomic E-state index is -0.855. The third-order valence-electron chi connectivity index (χ3n) is 4.51. The number of nitrogens with zero attached hydrogens (tertiary/aromatic N) is 2. The van der Waals surface area contributed by atoms with Crippen LogP contribution in [-0.2, 0) is 4.74 Å². The standard InChI is InChI=1S/C21H14Cl2F2N2O3/c22-13-1-4-17(5-2-13)27-20(12-7-15(24)9-16(25)8-12)18(30-21(27)28)11-29-19-6-3-14(23)10-26-19/h1-10,18,20H,11H2/t18-,20-/m0/s1. The van der Waals surface area contributed by atoms with Crippen LogP contribution in [0.3, 0.4) is 0 Å². The molecule has 1 aliphatic rings. The van der Waals surface area contributed by atoms with E-state index in [4.69, 9.17) is 32.7 Å². The first-order valence-electron chi connectivity index (χ1n) is 8.86. The van der Waals surface area contributed by atoms with Crippen LogP contribution in [-0.4, -0.2) is 23.8 Å². The van der Waals surface area contributed by atoms with E-state index in [2.05, 4.69) is 4.98 Å². The first kappa shape index (κ1) is 20.4. The topological polar surface area (TPSA) is 51.7 Å². The van der Waals surface area contributed by atoms with E-state index in [-0.39, 0.29) is 18.1 Å². The van der Waals surface area contributed by atoms with Crippen molar-refractivity contribution in [2.45, 2.75) is 12.1 Å². The summed E-state index contributed by atoms with van der Waals surface area (Å²) in [6.07, 6.45) is -0.117. The predicted octanol–water partition coefficient (Wildman–Crippen LogP) is 5.81. The van der Waals surface area contributed by atoms with Gasteiger partial charge in [0.15, 0.2) is 6.10 Å². The van der Waals surface area contributed by atoms with Gasteiger partial charge < -0.3 is 9.47 Å². The third-order valence-corrected chi connectivity index (χ3v) is 4.98. The fraction of sp³-hybridized carbons (Fsp3) is 0.143. The molecule has 1 aromatic heterocycles. The molecule has 2 atom stereocenters. The Kier molecular flexibility index (Phi) is 5.74. The highest BCUT2D eigenvalue weighted by Crippen LogP contribution is 2.38. The molecule has 1 aliphatic heterocycles. The van der Waals surface area contributed by atoms with Gasteiger partial charge in [-0.25, -0.2) is 18.6 Å². The highest BCUT2D eigenvalue weighted by molar-refractivity contribution is 6.30. The van der Waals surface area contributed by atoms with Gasteiger partial charge in [0.05, 0.1) is 5.02 Å². The monoisotopic (exact) mass is 450 g/mol. The number of ether oxygens (including phenoxy) is 2. The average Bonchev–Trinajstić information content (AvgIpc) is 3.03. The molecule has 154 valence electrons. The van der Waals surface area contributed by atoms with Gasteiger partial charge in [0.1, 0.15) is 24.3 Å². The van der Waals surface area contributed by atoms with E-state index in [0.29, 0.717) is 15.7 Å². The zero-order valence-corrected chi connectivity index (χ0v) is 16.8. The van der Waals surface area contributed by atoms with E-state index in [0.717, 1.165) is 18.2 Å². The molecule has 1 saturated heterocycles. The SMILES string of the molecule is O=C1O[C@@H](COc2ccc(Cl)cn2)[C@H](c2cc(F)cc(F)c2)N1c1ccc(Cl)cc1. The number of rotatable bonds is 5. The van der Waals surface area contributed by atoms with E-state index in [1.807, 2.05) is 0 Å². The van der Waals surface area contributed by atoms with Gasteiger partial charge >= 0.3 is 6.09 Å². The predicted molar refractivity (Wildman–Crippen MR) is 108 cm³/mol. The van der Waals surface area contributed by atoms with Crippen LogP contribution in [0.5, 0.6) is 5.88 Å². The summed E-state index contributed by atoms with van der Waals surface area (Å²) in [6, 6.07) is 11.9. The van der Waals surface area contributed by atoms with E-state index in [9.17, 15) is 13.6 Å². The molecule has 2 heterocycles. The van der Waals surface area contributed by atoms with E-state index in [1.54, 1.807) is 36.4 Å². The fourth-order valence-corrected chi connectivity index (χ4v) is 3.49. The molecule has 30 heavy (non-hydrogen) atoms. The second-order valence-corrected chi connectivity index (χ2v) is 7.41. The summed E-state index contributed by atoms with van der Waals surface area (Å²) >= 11 is 11.8. The zero-order valence-electron chi connectivity index (χ0n) is 15.3. The molecule has 0 radical (unpaired) electrons. The minimum absolute atomic E-state index is 0.0900. The van der Waals surface area contributed by atoms with E-state index < -0.39 is 29.9 Å². The van der Waals surface area contributed by atoms with Gasteiger partial charge in [0.25, 0.3) is 0 Å². The van der Waals surface area contributed by atoms with Crippen LogP contribution in [0, 0.1) is 11.6 Å². The lowest BCUT2D eigenvalue weighted by molar-refractivity contribution is 0.0901. The number of pyridine rings is 1. The molecule has 3 aromatic rings. The van der Waals surface area contributed by atoms with Crippen LogP contribution in [0.4, 0.5) is 19.3 Å². The number of benzene rings is 2. The summed E-state index contributed by atoms with van der Waals surface area (Å²) in [5.41, 5.74) is 0.692. The Balaban J connectivity index is 1.68. The van der Waals surface area contributed by atoms with Crippen molar-refractivity contribution in [3.05, 3.63) is 88.0 Å². The number of halogens is 4. The van der Waals surface area contributed by atoms with Crippen molar-refractivity contribution in [2.24, 2.45) is 0 Å². The molecular weight excluding hydrogens is 437 g/mol. The highest BCUT2D eigenvalue weighted by atomic mass is 35.5. The molecule has 1 amide bonds. The van der Waals surface area contributed by atoms with Crippen molar-refractivity contribution in [3.63, 3.8) is 0 Å². The van der Waals surface area contributed by atoms with Gasteiger partial charge in [-0.2, -0.15) is 0 Å². The molecule has 0 N–H and O–H groups in total.